The number of rotatable bonds is 7. The molecule has 4 aromatic rings. The lowest BCUT2D eigenvalue weighted by atomic mass is 10.2. The molecule has 45 heavy (non-hydrogen) atoms. The predicted molar refractivity (Wildman–Crippen MR) is 175 cm³/mol. The van der Waals surface area contributed by atoms with Crippen molar-refractivity contribution >= 4 is 50.2 Å². The van der Waals surface area contributed by atoms with Crippen LogP contribution < -0.4 is 20.0 Å². The molecule has 234 valence electrons. The topological polar surface area (TPSA) is 128 Å². The van der Waals surface area contributed by atoms with Gasteiger partial charge < -0.3 is 19.6 Å². The minimum absolute atomic E-state index is 0.195. The Morgan fingerprint density at radius 1 is 0.667 bits per heavy atom. The van der Waals surface area contributed by atoms with Crippen molar-refractivity contribution in [2.24, 2.45) is 0 Å². The third kappa shape index (κ3) is 6.29. The lowest BCUT2D eigenvalue weighted by Crippen LogP contribution is -2.50. The first-order chi connectivity index (χ1) is 21.9. The third-order valence-corrected chi connectivity index (χ3v) is 11.0. The fourth-order valence-electron chi connectivity index (χ4n) is 5.90. The first-order valence-electron chi connectivity index (χ1n) is 15.4. The molecule has 7 rings (SSSR count). The number of benzene rings is 2. The summed E-state index contributed by atoms with van der Waals surface area (Å²) in [6.45, 7) is 6.13. The zero-order valence-electron chi connectivity index (χ0n) is 24.9. The number of urea groups is 1. The molecular formula is C31H35N9O3S2. The molecule has 0 aliphatic carbocycles. The van der Waals surface area contributed by atoms with E-state index in [1.54, 1.807) is 53.4 Å². The van der Waals surface area contributed by atoms with E-state index in [0.717, 1.165) is 63.8 Å². The van der Waals surface area contributed by atoms with Crippen molar-refractivity contribution in [1.82, 2.24) is 24.8 Å². The van der Waals surface area contributed by atoms with Crippen molar-refractivity contribution < 1.29 is 13.2 Å². The minimum atomic E-state index is -3.66. The highest BCUT2D eigenvalue weighted by Crippen LogP contribution is 2.30. The highest BCUT2D eigenvalue weighted by molar-refractivity contribution is 7.91. The van der Waals surface area contributed by atoms with E-state index in [9.17, 15) is 13.2 Å². The van der Waals surface area contributed by atoms with Crippen molar-refractivity contribution in [2.45, 2.75) is 35.5 Å². The van der Waals surface area contributed by atoms with Crippen LogP contribution in [0.1, 0.15) is 25.7 Å². The van der Waals surface area contributed by atoms with Gasteiger partial charge >= 0.3 is 6.03 Å². The molecule has 2 aromatic heterocycles. The van der Waals surface area contributed by atoms with E-state index in [-0.39, 0.29) is 15.8 Å². The second kappa shape index (κ2) is 12.6. The van der Waals surface area contributed by atoms with Gasteiger partial charge in [-0.15, -0.1) is 11.3 Å². The normalized spacial score (nSPS) is 17.2. The number of amides is 2. The summed E-state index contributed by atoms with van der Waals surface area (Å²) in [7, 11) is -3.66. The Labute approximate surface area is 266 Å². The lowest BCUT2D eigenvalue weighted by molar-refractivity contribution is 0.208. The second-order valence-corrected chi connectivity index (χ2v) is 14.2. The fraction of sp³-hybridized carbons (Fsp3) is 0.387. The SMILES string of the molecule is O=C(Nc1nc(-c2cccc(S(=O)(=O)c3ccccc3)c2)cs1)N1CCN(c2nc(N3CCCC3)nc(N3CCCC3)n2)CC1. The Morgan fingerprint density at radius 3 is 1.82 bits per heavy atom. The molecule has 1 N–H and O–H groups in total. The Bertz CT molecular complexity index is 1730. The van der Waals surface area contributed by atoms with Gasteiger partial charge in [-0.3, -0.25) is 5.32 Å². The van der Waals surface area contributed by atoms with Gasteiger partial charge in [0.1, 0.15) is 0 Å². The van der Waals surface area contributed by atoms with Gasteiger partial charge in [-0.05, 0) is 49.9 Å². The Morgan fingerprint density at radius 2 is 1.22 bits per heavy atom. The van der Waals surface area contributed by atoms with Crippen LogP contribution in [0.4, 0.5) is 27.8 Å². The smallest absolute Gasteiger partial charge is 0.323 e. The molecule has 0 saturated carbocycles. The number of nitrogens with one attached hydrogen (secondary N) is 1. The number of sulfone groups is 1. The number of carbonyl (C=O) groups is 1. The van der Waals surface area contributed by atoms with Crippen LogP contribution in [0.15, 0.2) is 69.8 Å². The molecular weight excluding hydrogens is 611 g/mol. The van der Waals surface area contributed by atoms with Crippen molar-refractivity contribution in [2.75, 3.05) is 72.4 Å². The summed E-state index contributed by atoms with van der Waals surface area (Å²) in [6, 6.07) is 14.9. The zero-order chi connectivity index (χ0) is 30.8. The summed E-state index contributed by atoms with van der Waals surface area (Å²) >= 11 is 1.31. The summed E-state index contributed by atoms with van der Waals surface area (Å²) in [5.74, 6) is 2.18. The van der Waals surface area contributed by atoms with Crippen molar-refractivity contribution in [3.63, 3.8) is 0 Å². The highest BCUT2D eigenvalue weighted by Gasteiger charge is 2.27. The molecule has 3 aliphatic rings. The van der Waals surface area contributed by atoms with E-state index < -0.39 is 9.84 Å². The van der Waals surface area contributed by atoms with Gasteiger partial charge in [0.15, 0.2) is 5.13 Å². The molecule has 0 bridgehead atoms. The van der Waals surface area contributed by atoms with Gasteiger partial charge in [-0.25, -0.2) is 18.2 Å². The molecule has 3 saturated heterocycles. The molecule has 5 heterocycles. The van der Waals surface area contributed by atoms with Gasteiger partial charge in [0.05, 0.1) is 15.5 Å². The van der Waals surface area contributed by atoms with E-state index in [4.69, 9.17) is 15.0 Å². The van der Waals surface area contributed by atoms with E-state index in [2.05, 4.69) is 25.0 Å². The molecule has 2 aromatic carbocycles. The molecule has 0 atom stereocenters. The minimum Gasteiger partial charge on any atom is -0.341 e. The largest absolute Gasteiger partial charge is 0.341 e. The molecule has 14 heteroatoms. The number of hydrogen-bond acceptors (Lipinski definition) is 11. The average Bonchev–Trinajstić information content (AvgIpc) is 3.89. The second-order valence-electron chi connectivity index (χ2n) is 11.4. The van der Waals surface area contributed by atoms with E-state index in [1.807, 2.05) is 11.4 Å². The Hall–Kier alpha value is -4.30. The van der Waals surface area contributed by atoms with Crippen LogP contribution in [-0.4, -0.2) is 91.6 Å². The number of hydrogen-bond donors (Lipinski definition) is 1. The summed E-state index contributed by atoms with van der Waals surface area (Å²) < 4.78 is 26.2. The molecule has 3 fully saturated rings. The van der Waals surface area contributed by atoms with Crippen molar-refractivity contribution in [1.29, 1.82) is 0 Å². The lowest BCUT2D eigenvalue weighted by Gasteiger charge is -2.35. The quantitative estimate of drug-likeness (QED) is 0.309. The number of carbonyl (C=O) groups excluding carboxylic acids is 1. The van der Waals surface area contributed by atoms with Gasteiger partial charge in [0.2, 0.25) is 27.7 Å². The van der Waals surface area contributed by atoms with Gasteiger partial charge in [-0.1, -0.05) is 30.3 Å². The molecule has 3 aliphatic heterocycles. The number of aromatic nitrogens is 4. The highest BCUT2D eigenvalue weighted by atomic mass is 32.2. The monoisotopic (exact) mass is 645 g/mol. The summed E-state index contributed by atoms with van der Waals surface area (Å²) in [6.07, 6.45) is 4.60. The van der Waals surface area contributed by atoms with Gasteiger partial charge in [-0.2, -0.15) is 15.0 Å². The number of nitrogens with zero attached hydrogens (tertiary/aromatic N) is 8. The van der Waals surface area contributed by atoms with Crippen LogP contribution in [0.5, 0.6) is 0 Å². The summed E-state index contributed by atoms with van der Waals surface area (Å²) in [4.78, 5) is 41.2. The van der Waals surface area contributed by atoms with Crippen LogP contribution in [0.3, 0.4) is 0 Å². The summed E-state index contributed by atoms with van der Waals surface area (Å²) in [5, 5.41) is 5.20. The van der Waals surface area contributed by atoms with Crippen LogP contribution in [0.2, 0.25) is 0 Å². The van der Waals surface area contributed by atoms with E-state index in [0.29, 0.717) is 48.5 Å². The van der Waals surface area contributed by atoms with Crippen molar-refractivity contribution in [3.8, 4) is 11.3 Å². The fourth-order valence-corrected chi connectivity index (χ4v) is 7.94. The third-order valence-electron chi connectivity index (χ3n) is 8.44. The molecule has 0 spiro atoms. The average molecular weight is 646 g/mol. The van der Waals surface area contributed by atoms with Crippen LogP contribution in [0, 0.1) is 0 Å². The summed E-state index contributed by atoms with van der Waals surface area (Å²) in [5.41, 5.74) is 1.26. The molecule has 2 amide bonds. The molecule has 0 radical (unpaired) electrons. The predicted octanol–water partition coefficient (Wildman–Crippen LogP) is 4.38. The standard InChI is InChI=1S/C31H35N9O3S2/c41-31(36-30-32-26(22-44-30)23-9-8-12-25(21-23)45(42,43)24-10-2-1-3-11-24)40-19-17-39(18-20-40)29-34-27(37-13-4-5-14-37)33-28(35-29)38-15-6-7-16-38/h1-3,8-12,21-22H,4-7,13-20H2,(H,32,36,41). The molecule has 12 nitrogen and oxygen atoms in total. The first kappa shape index (κ1) is 29.4. The van der Waals surface area contributed by atoms with Crippen LogP contribution in [-0.2, 0) is 9.84 Å². The Kier molecular flexibility index (Phi) is 8.23. The first-order valence-corrected chi connectivity index (χ1v) is 17.7. The molecule has 0 unspecified atom stereocenters. The van der Waals surface area contributed by atoms with Gasteiger partial charge in [0.25, 0.3) is 0 Å². The van der Waals surface area contributed by atoms with Crippen LogP contribution >= 0.6 is 11.3 Å². The number of anilines is 4. The maximum atomic E-state index is 13.2. The number of thiazole rings is 1. The maximum absolute atomic E-state index is 13.2. The van der Waals surface area contributed by atoms with Crippen molar-refractivity contribution in [3.05, 3.63) is 60.0 Å². The van der Waals surface area contributed by atoms with Gasteiger partial charge in [0, 0.05) is 63.3 Å². The zero-order valence-corrected chi connectivity index (χ0v) is 26.5. The van der Waals surface area contributed by atoms with E-state index >= 15 is 0 Å². The van der Waals surface area contributed by atoms with E-state index in [1.165, 1.54) is 11.3 Å². The number of piperazine rings is 1. The van der Waals surface area contributed by atoms with Crippen LogP contribution in [0.25, 0.3) is 11.3 Å². The maximum Gasteiger partial charge on any atom is 0.323 e. The Balaban J connectivity index is 0.999.